The Bertz CT molecular complexity index is 528. The molecule has 0 atom stereocenters. The van der Waals surface area contributed by atoms with Gasteiger partial charge in [0, 0.05) is 32.7 Å². The van der Waals surface area contributed by atoms with Crippen molar-refractivity contribution in [3.05, 3.63) is 60.1 Å². The molecule has 29 heavy (non-hydrogen) atoms. The van der Waals surface area contributed by atoms with Crippen LogP contribution in [0.15, 0.2) is 60.1 Å². The van der Waals surface area contributed by atoms with Crippen LogP contribution in [0, 0.1) is 0 Å². The number of allylic oxidation sites excluding steroid dienone is 7. The van der Waals surface area contributed by atoms with E-state index in [1.54, 1.807) is 11.9 Å². The second-order valence-corrected chi connectivity index (χ2v) is 8.53. The van der Waals surface area contributed by atoms with Crippen LogP contribution in [-0.4, -0.2) is 56.1 Å². The molecule has 0 saturated carbocycles. The van der Waals surface area contributed by atoms with Crippen LogP contribution in [0.25, 0.3) is 0 Å². The molecule has 0 amide bonds. The van der Waals surface area contributed by atoms with E-state index in [4.69, 9.17) is 0 Å². The standard InChI is InChI=1S/C25H43N3S/c1-5-8-11-15-24(7-3)25(14-6-2)16-23-29-26-17-12-9-10-13-18-28-21-19-27(4)20-22-28/h6-7,14-16,23,26H,2-3,5,8-13,17-22H2,1,4H3/b23-16-,24-15+,25-14+. The Labute approximate surface area is 184 Å². The van der Waals surface area contributed by atoms with Crippen molar-refractivity contribution < 1.29 is 0 Å². The molecule has 1 N–H and O–H groups in total. The lowest BCUT2D eigenvalue weighted by Gasteiger charge is -2.32. The number of hydrogen-bond acceptors (Lipinski definition) is 4. The van der Waals surface area contributed by atoms with E-state index in [1.807, 2.05) is 12.2 Å². The molecular formula is C25H43N3S. The van der Waals surface area contributed by atoms with Crippen LogP contribution in [0.1, 0.15) is 51.9 Å². The minimum absolute atomic E-state index is 1.06. The van der Waals surface area contributed by atoms with Crippen LogP contribution < -0.4 is 4.72 Å². The third-order valence-corrected chi connectivity index (χ3v) is 5.91. The van der Waals surface area contributed by atoms with Crippen LogP contribution in [0.3, 0.4) is 0 Å². The van der Waals surface area contributed by atoms with Gasteiger partial charge in [-0.1, -0.05) is 82.0 Å². The number of hydrogen-bond donors (Lipinski definition) is 1. The van der Waals surface area contributed by atoms with Crippen molar-refractivity contribution in [1.82, 2.24) is 14.5 Å². The summed E-state index contributed by atoms with van der Waals surface area (Å²) in [6.45, 7) is 17.3. The van der Waals surface area contributed by atoms with Gasteiger partial charge in [-0.2, -0.15) is 0 Å². The first-order chi connectivity index (χ1) is 14.2. The molecule has 1 aliphatic rings. The summed E-state index contributed by atoms with van der Waals surface area (Å²) >= 11 is 1.67. The third kappa shape index (κ3) is 13.0. The lowest BCUT2D eigenvalue weighted by atomic mass is 10.0. The van der Waals surface area contributed by atoms with Gasteiger partial charge in [0.15, 0.2) is 0 Å². The fraction of sp³-hybridized carbons (Fsp3) is 0.600. The zero-order valence-corrected chi connectivity index (χ0v) is 19.7. The molecule has 0 aromatic carbocycles. The van der Waals surface area contributed by atoms with Crippen LogP contribution in [-0.2, 0) is 0 Å². The highest BCUT2D eigenvalue weighted by Crippen LogP contribution is 2.16. The van der Waals surface area contributed by atoms with Crippen LogP contribution in [0.4, 0.5) is 0 Å². The lowest BCUT2D eigenvalue weighted by Crippen LogP contribution is -2.44. The van der Waals surface area contributed by atoms with Gasteiger partial charge < -0.3 is 9.80 Å². The molecule has 1 rings (SSSR count). The Morgan fingerprint density at radius 3 is 2.45 bits per heavy atom. The third-order valence-electron chi connectivity index (χ3n) is 5.27. The van der Waals surface area contributed by atoms with Crippen LogP contribution >= 0.6 is 11.9 Å². The van der Waals surface area contributed by atoms with Crippen molar-refractivity contribution in [2.75, 3.05) is 46.3 Å². The van der Waals surface area contributed by atoms with E-state index in [-0.39, 0.29) is 0 Å². The predicted octanol–water partition coefficient (Wildman–Crippen LogP) is 5.96. The van der Waals surface area contributed by atoms with E-state index in [0.29, 0.717) is 0 Å². The van der Waals surface area contributed by atoms with Gasteiger partial charge >= 0.3 is 0 Å². The molecule has 0 radical (unpaired) electrons. The van der Waals surface area contributed by atoms with Gasteiger partial charge in [0.1, 0.15) is 0 Å². The average Bonchev–Trinajstić information content (AvgIpc) is 2.73. The number of rotatable bonds is 16. The Morgan fingerprint density at radius 1 is 1.00 bits per heavy atom. The minimum Gasteiger partial charge on any atom is -0.304 e. The number of nitrogens with zero attached hydrogens (tertiary/aromatic N) is 2. The summed E-state index contributed by atoms with van der Waals surface area (Å²) in [4.78, 5) is 5.03. The van der Waals surface area contributed by atoms with Crippen molar-refractivity contribution in [2.24, 2.45) is 0 Å². The first-order valence-corrected chi connectivity index (χ1v) is 12.2. The molecule has 4 heteroatoms. The van der Waals surface area contributed by atoms with Gasteiger partial charge in [0.25, 0.3) is 0 Å². The minimum atomic E-state index is 1.06. The maximum Gasteiger partial charge on any atom is 0.0110 e. The van der Waals surface area contributed by atoms with E-state index in [2.05, 4.69) is 65.3 Å². The summed E-state index contributed by atoms with van der Waals surface area (Å²) in [6, 6.07) is 0. The molecular weight excluding hydrogens is 374 g/mol. The van der Waals surface area contributed by atoms with Crippen molar-refractivity contribution in [2.45, 2.75) is 51.9 Å². The molecule has 1 aliphatic heterocycles. The molecule has 1 fully saturated rings. The molecule has 3 nitrogen and oxygen atoms in total. The summed E-state index contributed by atoms with van der Waals surface area (Å²) in [5, 5.41) is 2.12. The Morgan fingerprint density at radius 2 is 1.76 bits per heavy atom. The molecule has 164 valence electrons. The summed E-state index contributed by atoms with van der Waals surface area (Å²) in [7, 11) is 2.22. The van der Waals surface area contributed by atoms with Gasteiger partial charge in [0.05, 0.1) is 0 Å². The highest BCUT2D eigenvalue weighted by atomic mass is 32.2. The number of nitrogens with one attached hydrogen (secondary N) is 1. The summed E-state index contributed by atoms with van der Waals surface area (Å²) in [6.07, 6.45) is 19.0. The van der Waals surface area contributed by atoms with Crippen LogP contribution in [0.2, 0.25) is 0 Å². The molecule has 0 spiro atoms. The van der Waals surface area contributed by atoms with Crippen molar-refractivity contribution in [3.63, 3.8) is 0 Å². The van der Waals surface area contributed by atoms with Crippen LogP contribution in [0.5, 0.6) is 0 Å². The number of unbranched alkanes of at least 4 members (excludes halogenated alkanes) is 5. The average molecular weight is 418 g/mol. The fourth-order valence-electron chi connectivity index (χ4n) is 3.33. The van der Waals surface area contributed by atoms with E-state index >= 15 is 0 Å². The molecule has 0 bridgehead atoms. The topological polar surface area (TPSA) is 18.5 Å². The van der Waals surface area contributed by atoms with Crippen molar-refractivity contribution in [1.29, 1.82) is 0 Å². The van der Waals surface area contributed by atoms with Gasteiger partial charge in [0.2, 0.25) is 0 Å². The van der Waals surface area contributed by atoms with Gasteiger partial charge in [-0.3, -0.25) is 4.72 Å². The quantitative estimate of drug-likeness (QED) is 0.190. The fourth-order valence-corrected chi connectivity index (χ4v) is 3.90. The first kappa shape index (κ1) is 26.0. The highest BCUT2D eigenvalue weighted by Gasteiger charge is 2.12. The molecule has 1 saturated heterocycles. The highest BCUT2D eigenvalue weighted by molar-refractivity contribution is 8.00. The summed E-state index contributed by atoms with van der Waals surface area (Å²) in [5.41, 5.74) is 2.36. The number of likely N-dealkylation sites (N-methyl/N-ethyl adjacent to an activating group) is 1. The zero-order chi connectivity index (χ0) is 21.2. The zero-order valence-electron chi connectivity index (χ0n) is 18.9. The maximum atomic E-state index is 3.96. The molecule has 0 aliphatic carbocycles. The van der Waals surface area contributed by atoms with E-state index in [0.717, 1.165) is 13.0 Å². The summed E-state index contributed by atoms with van der Waals surface area (Å²) in [5.74, 6) is 0. The monoisotopic (exact) mass is 417 g/mol. The number of piperazine rings is 1. The summed E-state index contributed by atoms with van der Waals surface area (Å²) < 4.78 is 3.45. The van der Waals surface area contributed by atoms with Crippen molar-refractivity contribution >= 4 is 11.9 Å². The molecule has 0 unspecified atom stereocenters. The van der Waals surface area contributed by atoms with E-state index < -0.39 is 0 Å². The lowest BCUT2D eigenvalue weighted by molar-refractivity contribution is 0.152. The Kier molecular flexibility index (Phi) is 15.9. The second-order valence-electron chi connectivity index (χ2n) is 7.74. The molecule has 1 heterocycles. The predicted molar refractivity (Wildman–Crippen MR) is 133 cm³/mol. The van der Waals surface area contributed by atoms with Gasteiger partial charge in [-0.25, -0.2) is 0 Å². The molecule has 0 aromatic rings. The Hall–Kier alpha value is -1.07. The maximum absolute atomic E-state index is 3.96. The second kappa shape index (κ2) is 17.8. The van der Waals surface area contributed by atoms with Gasteiger partial charge in [-0.15, -0.1) is 0 Å². The molecule has 0 aromatic heterocycles. The smallest absolute Gasteiger partial charge is 0.0110 e. The SMILES string of the molecule is C=C/C=C(\C=C/SNCCCCCCN1CCN(C)CC1)C(/C=C)=C/CCCC. The van der Waals surface area contributed by atoms with E-state index in [9.17, 15) is 0 Å². The normalized spacial score (nSPS) is 17.2. The van der Waals surface area contributed by atoms with Gasteiger partial charge in [-0.05, 0) is 55.5 Å². The largest absolute Gasteiger partial charge is 0.304 e. The van der Waals surface area contributed by atoms with E-state index in [1.165, 1.54) is 82.4 Å². The Balaban J connectivity index is 2.13. The first-order valence-electron chi connectivity index (χ1n) is 11.3. The van der Waals surface area contributed by atoms with Crippen molar-refractivity contribution in [3.8, 4) is 0 Å².